The zero-order valence-corrected chi connectivity index (χ0v) is 14.0. The molecule has 2 heterocycles. The Morgan fingerprint density at radius 1 is 1.35 bits per heavy atom. The van der Waals surface area contributed by atoms with Gasteiger partial charge >= 0.3 is 5.97 Å². The number of pyridine rings is 1. The molecule has 2 unspecified atom stereocenters. The summed E-state index contributed by atoms with van der Waals surface area (Å²) in [6.07, 6.45) is 12.0. The van der Waals surface area contributed by atoms with Gasteiger partial charge in [-0.2, -0.15) is 0 Å². The van der Waals surface area contributed by atoms with Crippen LogP contribution in [-0.2, 0) is 0 Å². The molecular formula is C17H18Cl2N2O2. The van der Waals surface area contributed by atoms with Gasteiger partial charge in [-0.15, -0.1) is 24.8 Å². The van der Waals surface area contributed by atoms with E-state index in [1.54, 1.807) is 6.07 Å². The summed E-state index contributed by atoms with van der Waals surface area (Å²) in [7, 11) is 0. The lowest BCUT2D eigenvalue weighted by Gasteiger charge is -2.27. The van der Waals surface area contributed by atoms with Crippen LogP contribution >= 0.6 is 24.8 Å². The molecule has 23 heavy (non-hydrogen) atoms. The highest BCUT2D eigenvalue weighted by molar-refractivity contribution is 5.88. The average molecular weight is 353 g/mol. The van der Waals surface area contributed by atoms with E-state index in [0.717, 1.165) is 24.2 Å². The predicted octanol–water partition coefficient (Wildman–Crippen LogP) is 3.56. The van der Waals surface area contributed by atoms with Crippen molar-refractivity contribution >= 4 is 36.9 Å². The van der Waals surface area contributed by atoms with Gasteiger partial charge in [-0.05, 0) is 36.1 Å². The lowest BCUT2D eigenvalue weighted by atomic mass is 9.78. The van der Waals surface area contributed by atoms with Crippen LogP contribution in [0.5, 0.6) is 0 Å². The molecule has 2 N–H and O–H groups in total. The van der Waals surface area contributed by atoms with Crippen molar-refractivity contribution in [3.05, 3.63) is 58.6 Å². The van der Waals surface area contributed by atoms with Gasteiger partial charge in [-0.25, -0.2) is 4.79 Å². The maximum absolute atomic E-state index is 11.1. The van der Waals surface area contributed by atoms with Crippen LogP contribution in [0.4, 0.5) is 0 Å². The van der Waals surface area contributed by atoms with Crippen molar-refractivity contribution in [1.82, 2.24) is 10.3 Å². The number of halogens is 2. The molecule has 1 fully saturated rings. The van der Waals surface area contributed by atoms with Crippen LogP contribution in [0.1, 0.15) is 40.4 Å². The Hall–Kier alpha value is -1.78. The number of aromatic carboxylic acids is 1. The molecule has 0 amide bonds. The average Bonchev–Trinajstić information content (AvgIpc) is 2.85. The molecule has 4 rings (SSSR count). The standard InChI is InChI=1S/C17H16N2O2.2ClH/c20-17(21)13-6-12-3-1-2-10-8-15-11(4-5-18-15)7-14(10)16(12)19-9-13;;/h1-3,6,8-9,11,14,18H,4-5,7H2,(H,20,21);2*1H. The molecule has 2 aliphatic carbocycles. The normalized spacial score (nSPS) is 23.5. The number of carboxylic acid groups (broad SMARTS) is 1. The highest BCUT2D eigenvalue weighted by Crippen LogP contribution is 2.43. The van der Waals surface area contributed by atoms with Crippen molar-refractivity contribution in [2.45, 2.75) is 18.8 Å². The summed E-state index contributed by atoms with van der Waals surface area (Å²) in [5.41, 5.74) is 4.78. The van der Waals surface area contributed by atoms with Gasteiger partial charge in [-0.3, -0.25) is 4.98 Å². The Kier molecular flexibility index (Phi) is 5.17. The maximum Gasteiger partial charge on any atom is 0.337 e. The number of carboxylic acids is 1. The van der Waals surface area contributed by atoms with Crippen LogP contribution < -0.4 is 5.32 Å². The van der Waals surface area contributed by atoms with E-state index in [0.29, 0.717) is 5.92 Å². The first kappa shape index (κ1) is 17.6. The zero-order chi connectivity index (χ0) is 14.4. The van der Waals surface area contributed by atoms with Crippen molar-refractivity contribution in [1.29, 1.82) is 0 Å². The Labute approximate surface area is 147 Å². The SMILES string of the molecule is Cl.Cl.O=C(O)c1cnc2c(c1)C=CC=C1C=C3NCCC3CC12. The molecule has 0 bridgehead atoms. The topological polar surface area (TPSA) is 62.2 Å². The summed E-state index contributed by atoms with van der Waals surface area (Å²) in [6, 6.07) is 1.73. The van der Waals surface area contributed by atoms with Gasteiger partial charge in [0.2, 0.25) is 0 Å². The quantitative estimate of drug-likeness (QED) is 0.811. The van der Waals surface area contributed by atoms with E-state index in [9.17, 15) is 4.79 Å². The number of nitrogens with zero attached hydrogens (tertiary/aromatic N) is 1. The summed E-state index contributed by atoms with van der Waals surface area (Å²) in [5, 5.41) is 12.6. The number of hydrogen-bond acceptors (Lipinski definition) is 3. The molecule has 0 saturated carbocycles. The number of allylic oxidation sites excluding steroid dienone is 5. The van der Waals surface area contributed by atoms with Gasteiger partial charge in [0.15, 0.2) is 0 Å². The molecule has 1 aromatic rings. The van der Waals surface area contributed by atoms with Crippen LogP contribution in [0.2, 0.25) is 0 Å². The van der Waals surface area contributed by atoms with Crippen LogP contribution in [0.3, 0.4) is 0 Å². The number of fused-ring (bicyclic) bond motifs is 4. The van der Waals surface area contributed by atoms with E-state index in [-0.39, 0.29) is 36.3 Å². The minimum Gasteiger partial charge on any atom is -0.478 e. The third-order valence-corrected chi connectivity index (χ3v) is 4.60. The van der Waals surface area contributed by atoms with E-state index in [2.05, 4.69) is 22.5 Å². The van der Waals surface area contributed by atoms with Crippen molar-refractivity contribution in [3.63, 3.8) is 0 Å². The Balaban J connectivity index is 0.000000960. The summed E-state index contributed by atoms with van der Waals surface area (Å²) in [5.74, 6) is -0.0764. The fourth-order valence-corrected chi connectivity index (χ4v) is 3.54. The van der Waals surface area contributed by atoms with E-state index < -0.39 is 5.97 Å². The first-order valence-corrected chi connectivity index (χ1v) is 7.29. The van der Waals surface area contributed by atoms with Crippen LogP contribution in [0, 0.1) is 5.92 Å². The smallest absolute Gasteiger partial charge is 0.337 e. The molecule has 3 aliphatic rings. The molecular weight excluding hydrogens is 335 g/mol. The largest absolute Gasteiger partial charge is 0.478 e. The second-order valence-electron chi connectivity index (χ2n) is 5.83. The van der Waals surface area contributed by atoms with Crippen molar-refractivity contribution in [2.24, 2.45) is 5.92 Å². The highest BCUT2D eigenvalue weighted by atomic mass is 35.5. The lowest BCUT2D eigenvalue weighted by Crippen LogP contribution is -2.19. The number of carbonyl (C=O) groups is 1. The number of hydrogen-bond donors (Lipinski definition) is 2. The minimum absolute atomic E-state index is 0. The van der Waals surface area contributed by atoms with Crippen molar-refractivity contribution in [3.8, 4) is 0 Å². The van der Waals surface area contributed by atoms with E-state index in [4.69, 9.17) is 5.11 Å². The molecule has 0 aromatic carbocycles. The third kappa shape index (κ3) is 3.01. The predicted molar refractivity (Wildman–Crippen MR) is 94.4 cm³/mol. The van der Waals surface area contributed by atoms with Crippen molar-refractivity contribution < 1.29 is 9.90 Å². The maximum atomic E-state index is 11.1. The molecule has 1 aliphatic heterocycles. The fourth-order valence-electron chi connectivity index (χ4n) is 3.54. The van der Waals surface area contributed by atoms with Crippen LogP contribution in [0.15, 0.2) is 41.8 Å². The van der Waals surface area contributed by atoms with Gasteiger partial charge in [0.25, 0.3) is 0 Å². The zero-order valence-electron chi connectivity index (χ0n) is 12.4. The molecule has 1 saturated heterocycles. The monoisotopic (exact) mass is 352 g/mol. The second-order valence-corrected chi connectivity index (χ2v) is 5.83. The molecule has 0 spiro atoms. The van der Waals surface area contributed by atoms with E-state index in [1.165, 1.54) is 23.9 Å². The lowest BCUT2D eigenvalue weighted by molar-refractivity contribution is 0.0696. The van der Waals surface area contributed by atoms with Crippen LogP contribution in [-0.4, -0.2) is 22.6 Å². The van der Waals surface area contributed by atoms with Gasteiger partial charge in [0, 0.05) is 30.3 Å². The van der Waals surface area contributed by atoms with E-state index >= 15 is 0 Å². The number of aromatic nitrogens is 1. The summed E-state index contributed by atoms with van der Waals surface area (Å²) in [6.45, 7) is 1.05. The molecule has 6 heteroatoms. The first-order valence-electron chi connectivity index (χ1n) is 7.29. The highest BCUT2D eigenvalue weighted by Gasteiger charge is 2.33. The Bertz CT molecular complexity index is 725. The summed E-state index contributed by atoms with van der Waals surface area (Å²) >= 11 is 0. The summed E-state index contributed by atoms with van der Waals surface area (Å²) < 4.78 is 0. The summed E-state index contributed by atoms with van der Waals surface area (Å²) in [4.78, 5) is 15.6. The third-order valence-electron chi connectivity index (χ3n) is 4.60. The van der Waals surface area contributed by atoms with Gasteiger partial charge in [0.05, 0.1) is 11.3 Å². The van der Waals surface area contributed by atoms with Gasteiger partial charge in [0.1, 0.15) is 0 Å². The van der Waals surface area contributed by atoms with Gasteiger partial charge < -0.3 is 10.4 Å². The van der Waals surface area contributed by atoms with Crippen LogP contribution in [0.25, 0.3) is 6.08 Å². The number of rotatable bonds is 1. The molecule has 122 valence electrons. The second kappa shape index (κ2) is 6.77. The molecule has 2 atom stereocenters. The molecule has 0 radical (unpaired) electrons. The van der Waals surface area contributed by atoms with Gasteiger partial charge in [-0.1, -0.05) is 18.2 Å². The Morgan fingerprint density at radius 2 is 2.17 bits per heavy atom. The number of nitrogens with one attached hydrogen (secondary N) is 1. The molecule has 1 aromatic heterocycles. The van der Waals surface area contributed by atoms with Crippen molar-refractivity contribution in [2.75, 3.05) is 6.54 Å². The fraction of sp³-hybridized carbons (Fsp3) is 0.294. The molecule has 4 nitrogen and oxygen atoms in total. The first-order chi connectivity index (χ1) is 10.2. The minimum atomic E-state index is -0.929. The Morgan fingerprint density at radius 3 is 2.96 bits per heavy atom. The van der Waals surface area contributed by atoms with E-state index in [1.807, 2.05) is 12.2 Å².